The van der Waals surface area contributed by atoms with Gasteiger partial charge >= 0.3 is 5.97 Å². The molecule has 0 spiro atoms. The summed E-state index contributed by atoms with van der Waals surface area (Å²) in [6.07, 6.45) is 5.35. The second-order valence-corrected chi connectivity index (χ2v) is 14.9. The van der Waals surface area contributed by atoms with Crippen molar-refractivity contribution in [2.45, 2.75) is 69.1 Å². The third kappa shape index (κ3) is 6.82. The summed E-state index contributed by atoms with van der Waals surface area (Å²) in [4.78, 5) is 13.9. The molecule has 0 heterocycles. The Labute approximate surface area is 201 Å². The van der Waals surface area contributed by atoms with Gasteiger partial charge in [0, 0.05) is 16.6 Å². The number of nitrogens with one attached hydrogen (secondary N) is 1. The van der Waals surface area contributed by atoms with Gasteiger partial charge in [-0.15, -0.1) is 0 Å². The van der Waals surface area contributed by atoms with Crippen LogP contribution in [-0.2, 0) is 19.6 Å². The van der Waals surface area contributed by atoms with Gasteiger partial charge < -0.3 is 9.29 Å². The maximum Gasteiger partial charge on any atom is 0.324 e. The first-order chi connectivity index (χ1) is 15.3. The molecule has 0 amide bonds. The number of esters is 1. The van der Waals surface area contributed by atoms with Crippen molar-refractivity contribution in [2.75, 3.05) is 26.5 Å². The van der Waals surface area contributed by atoms with Crippen molar-refractivity contribution in [3.8, 4) is 0 Å². The molecule has 1 aliphatic rings. The van der Waals surface area contributed by atoms with E-state index in [2.05, 4.69) is 10.8 Å². The van der Waals surface area contributed by atoms with E-state index < -0.39 is 43.2 Å². The first-order valence-corrected chi connectivity index (χ1v) is 14.7. The predicted octanol–water partition coefficient (Wildman–Crippen LogP) is 4.57. The highest BCUT2D eigenvalue weighted by Crippen LogP contribution is 2.56. The highest BCUT2D eigenvalue weighted by Gasteiger charge is 2.41. The van der Waals surface area contributed by atoms with Crippen LogP contribution in [0.1, 0.15) is 53.4 Å². The van der Waals surface area contributed by atoms with Gasteiger partial charge in [0.25, 0.3) is 0 Å². The lowest BCUT2D eigenvalue weighted by Gasteiger charge is -2.42. The average molecular weight is 501 g/mol. The van der Waals surface area contributed by atoms with Crippen molar-refractivity contribution >= 4 is 26.5 Å². The van der Waals surface area contributed by atoms with Gasteiger partial charge in [-0.25, -0.2) is 12.7 Å². The smallest absolute Gasteiger partial charge is 0.324 e. The van der Waals surface area contributed by atoms with E-state index in [9.17, 15) is 17.8 Å². The van der Waals surface area contributed by atoms with E-state index in [-0.39, 0.29) is 6.61 Å². The molecule has 0 aromatic heterocycles. The molecule has 1 aromatic rings. The summed E-state index contributed by atoms with van der Waals surface area (Å²) in [7, 11) is -2.50. The molecule has 0 radical (unpaired) electrons. The van der Waals surface area contributed by atoms with Crippen LogP contribution in [0.4, 0.5) is 0 Å². The Morgan fingerprint density at radius 1 is 1.21 bits per heavy atom. The quantitative estimate of drug-likeness (QED) is 0.381. The number of sulfonamides is 1. The third-order valence-corrected chi connectivity index (χ3v) is 11.1. The minimum atomic E-state index is -3.80. The fourth-order valence-electron chi connectivity index (χ4n) is 3.84. The van der Waals surface area contributed by atoms with Gasteiger partial charge in [0.2, 0.25) is 10.0 Å². The normalized spacial score (nSPS) is 21.5. The van der Waals surface area contributed by atoms with Crippen LogP contribution in [0.3, 0.4) is 0 Å². The maximum atomic E-state index is 13.0. The van der Waals surface area contributed by atoms with E-state index in [1.54, 1.807) is 27.7 Å². The number of ether oxygens (including phenoxy) is 1. The fourth-order valence-corrected chi connectivity index (χ4v) is 7.03. The third-order valence-electron chi connectivity index (χ3n) is 5.98. The number of carbonyl (C=O) groups is 1. The molecule has 33 heavy (non-hydrogen) atoms. The van der Waals surface area contributed by atoms with Crippen molar-refractivity contribution in [3.63, 3.8) is 0 Å². The number of allylic oxidation sites excluding steroid dienone is 1. The van der Waals surface area contributed by atoms with Gasteiger partial charge in [-0.05, 0) is 73.2 Å². The summed E-state index contributed by atoms with van der Waals surface area (Å²) < 4.78 is 46.6. The van der Waals surface area contributed by atoms with Crippen LogP contribution >= 0.6 is 10.5 Å². The predicted molar refractivity (Wildman–Crippen MR) is 136 cm³/mol. The van der Waals surface area contributed by atoms with E-state index >= 15 is 0 Å². The number of rotatable bonds is 9. The van der Waals surface area contributed by atoms with Crippen molar-refractivity contribution in [1.29, 1.82) is 0 Å². The average Bonchev–Trinajstić information content (AvgIpc) is 2.97. The highest BCUT2D eigenvalue weighted by atomic mass is 32.3. The molecule has 2 rings (SSSR count). The Kier molecular flexibility index (Phi) is 9.59. The van der Waals surface area contributed by atoms with E-state index in [0.29, 0.717) is 12.2 Å². The Hall–Kier alpha value is -1.39. The zero-order valence-corrected chi connectivity index (χ0v) is 22.3. The first-order valence-electron chi connectivity index (χ1n) is 11.5. The molecular formula is C24H40N2O5S2. The van der Waals surface area contributed by atoms with Gasteiger partial charge in [-0.2, -0.15) is 4.72 Å². The SMILES string of the molecule is CCOC(=O)[C@@H](NS(=O)(=O)C(C)(C)C)[C@@H]1CCCCC=C1CS(O)(c1ccccc1)N(C)C. The van der Waals surface area contributed by atoms with E-state index in [4.69, 9.17) is 4.74 Å². The number of hydrogen-bond donors (Lipinski definition) is 2. The van der Waals surface area contributed by atoms with E-state index in [0.717, 1.165) is 29.7 Å². The van der Waals surface area contributed by atoms with Crippen molar-refractivity contribution < 1.29 is 22.5 Å². The Balaban J connectivity index is 2.51. The summed E-state index contributed by atoms with van der Waals surface area (Å²) in [5.41, 5.74) is 0.900. The Morgan fingerprint density at radius 2 is 1.85 bits per heavy atom. The van der Waals surface area contributed by atoms with Crippen LogP contribution in [0, 0.1) is 5.92 Å². The summed E-state index contributed by atoms with van der Waals surface area (Å²) in [6, 6.07) is 8.48. The molecule has 9 heteroatoms. The molecule has 1 aliphatic carbocycles. The lowest BCUT2D eigenvalue weighted by atomic mass is 9.89. The largest absolute Gasteiger partial charge is 0.465 e. The van der Waals surface area contributed by atoms with E-state index in [1.165, 1.54) is 0 Å². The molecule has 188 valence electrons. The van der Waals surface area contributed by atoms with Crippen molar-refractivity contribution in [3.05, 3.63) is 42.0 Å². The van der Waals surface area contributed by atoms with Crippen LogP contribution in [0.2, 0.25) is 0 Å². The standard InChI is InChI=1S/C24H40N2O5S2/c1-7-31-23(27)22(25-33(29,30)24(2,3)4)21-17-13-8-10-14-19(21)18-32(28,26(5)6)20-15-11-9-12-16-20/h9,11-12,14-16,21-22,25,28H,7-8,10,13,17-18H2,1-6H3/t21-,22+/m1/s1. The second-order valence-electron chi connectivity index (χ2n) is 9.57. The van der Waals surface area contributed by atoms with Crippen LogP contribution < -0.4 is 4.72 Å². The number of hydrogen-bond acceptors (Lipinski definition) is 6. The van der Waals surface area contributed by atoms with Crippen molar-refractivity contribution in [2.24, 2.45) is 5.92 Å². The molecule has 0 aliphatic heterocycles. The van der Waals surface area contributed by atoms with Gasteiger partial charge in [0.05, 0.1) is 11.4 Å². The van der Waals surface area contributed by atoms with Gasteiger partial charge in [0.1, 0.15) is 6.04 Å². The summed E-state index contributed by atoms with van der Waals surface area (Å²) in [6.45, 7) is 6.68. The lowest BCUT2D eigenvalue weighted by Crippen LogP contribution is -2.52. The van der Waals surface area contributed by atoms with Gasteiger partial charge in [-0.1, -0.05) is 46.8 Å². The maximum absolute atomic E-state index is 13.0. The second kappa shape index (κ2) is 11.4. The van der Waals surface area contributed by atoms with Crippen molar-refractivity contribution in [1.82, 2.24) is 9.03 Å². The summed E-state index contributed by atoms with van der Waals surface area (Å²) >= 11 is 0. The van der Waals surface area contributed by atoms with Gasteiger partial charge in [0.15, 0.2) is 0 Å². The Morgan fingerprint density at radius 3 is 2.39 bits per heavy atom. The fraction of sp³-hybridized carbons (Fsp3) is 0.625. The molecule has 0 saturated heterocycles. The minimum absolute atomic E-state index is 0.162. The molecule has 7 nitrogen and oxygen atoms in total. The van der Waals surface area contributed by atoms with Crippen LogP contribution in [0.15, 0.2) is 46.9 Å². The summed E-state index contributed by atoms with van der Waals surface area (Å²) in [5, 5.41) is 0. The molecular weight excluding hydrogens is 460 g/mol. The molecule has 1 unspecified atom stereocenters. The zero-order chi connectivity index (χ0) is 24.9. The number of benzene rings is 1. The molecule has 0 fully saturated rings. The zero-order valence-electron chi connectivity index (χ0n) is 20.7. The van der Waals surface area contributed by atoms with Crippen LogP contribution in [0.5, 0.6) is 0 Å². The molecule has 0 saturated carbocycles. The molecule has 3 atom stereocenters. The molecule has 2 N–H and O–H groups in total. The van der Waals surface area contributed by atoms with E-state index in [1.807, 2.05) is 48.7 Å². The van der Waals surface area contributed by atoms with Crippen LogP contribution in [0.25, 0.3) is 0 Å². The Bertz CT molecular complexity index is 926. The monoisotopic (exact) mass is 500 g/mol. The van der Waals surface area contributed by atoms with Crippen LogP contribution in [-0.4, -0.2) is 60.5 Å². The lowest BCUT2D eigenvalue weighted by molar-refractivity contribution is -0.146. The number of nitrogens with zero attached hydrogens (tertiary/aromatic N) is 1. The molecule has 0 bridgehead atoms. The van der Waals surface area contributed by atoms with Gasteiger partial charge in [-0.3, -0.25) is 4.79 Å². The summed E-state index contributed by atoms with van der Waals surface area (Å²) in [5.74, 6) is -0.639. The number of carbonyl (C=O) groups excluding carboxylic acids is 1. The molecule has 1 aromatic carbocycles. The topological polar surface area (TPSA) is 95.9 Å². The highest BCUT2D eigenvalue weighted by molar-refractivity contribution is 8.27. The minimum Gasteiger partial charge on any atom is -0.465 e. The first kappa shape index (κ1) is 27.9.